The first kappa shape index (κ1) is 16.3. The first-order valence-electron chi connectivity index (χ1n) is 7.73. The Bertz CT molecular complexity index is 484. The van der Waals surface area contributed by atoms with E-state index < -0.39 is 0 Å². The van der Waals surface area contributed by atoms with E-state index in [-0.39, 0.29) is 11.9 Å². The third-order valence-corrected chi connectivity index (χ3v) is 4.87. The summed E-state index contributed by atoms with van der Waals surface area (Å²) < 4.78 is 6.14. The lowest BCUT2D eigenvalue weighted by Gasteiger charge is -2.22. The normalized spacial score (nSPS) is 17.3. The van der Waals surface area contributed by atoms with Crippen LogP contribution in [-0.2, 0) is 4.79 Å². The van der Waals surface area contributed by atoms with Gasteiger partial charge in [-0.05, 0) is 59.3 Å². The highest BCUT2D eigenvalue weighted by Gasteiger charge is 2.18. The number of methoxy groups -OCH3 is 1. The molecule has 1 aromatic rings. The lowest BCUT2D eigenvalue weighted by Crippen LogP contribution is -2.28. The molecule has 1 atom stereocenters. The van der Waals surface area contributed by atoms with E-state index in [9.17, 15) is 4.79 Å². The van der Waals surface area contributed by atoms with Crippen LogP contribution in [0.4, 0.5) is 0 Å². The first-order chi connectivity index (χ1) is 10.1. The van der Waals surface area contributed by atoms with Gasteiger partial charge in [-0.15, -0.1) is 0 Å². The molecule has 1 aromatic carbocycles. The summed E-state index contributed by atoms with van der Waals surface area (Å²) in [6.07, 6.45) is 6.96. The number of carbonyl (C=O) groups excluding carboxylic acids is 1. The van der Waals surface area contributed by atoms with Gasteiger partial charge in [0.25, 0.3) is 0 Å². The highest BCUT2D eigenvalue weighted by molar-refractivity contribution is 9.10. The number of ether oxygens (including phenoxy) is 1. The van der Waals surface area contributed by atoms with Gasteiger partial charge in [-0.3, -0.25) is 4.79 Å². The summed E-state index contributed by atoms with van der Waals surface area (Å²) in [5, 5.41) is 3.11. The molecular formula is C17H24BrNO2. The third-order valence-electron chi connectivity index (χ3n) is 4.25. The Hall–Kier alpha value is -1.03. The second-order valence-electron chi connectivity index (χ2n) is 5.89. The van der Waals surface area contributed by atoms with E-state index in [0.29, 0.717) is 12.3 Å². The molecule has 1 saturated carbocycles. The van der Waals surface area contributed by atoms with E-state index in [1.165, 1.54) is 32.1 Å². The molecule has 4 heteroatoms. The zero-order chi connectivity index (χ0) is 15.2. The van der Waals surface area contributed by atoms with E-state index in [4.69, 9.17) is 4.74 Å². The van der Waals surface area contributed by atoms with Gasteiger partial charge in [-0.1, -0.05) is 25.3 Å². The minimum absolute atomic E-state index is 0.0169. The van der Waals surface area contributed by atoms with Crippen molar-refractivity contribution in [3.8, 4) is 5.75 Å². The number of amides is 1. The summed E-state index contributed by atoms with van der Waals surface area (Å²) in [5.74, 6) is 1.55. The predicted octanol–water partition coefficient (Wildman–Crippen LogP) is 4.61. The van der Waals surface area contributed by atoms with E-state index >= 15 is 0 Å². The summed E-state index contributed by atoms with van der Waals surface area (Å²) in [4.78, 5) is 12.2. The van der Waals surface area contributed by atoms with Crippen molar-refractivity contribution in [1.82, 2.24) is 5.32 Å². The Balaban J connectivity index is 1.89. The molecular weight excluding hydrogens is 330 g/mol. The average Bonchev–Trinajstić information content (AvgIpc) is 2.48. The van der Waals surface area contributed by atoms with Gasteiger partial charge in [0, 0.05) is 6.42 Å². The van der Waals surface area contributed by atoms with E-state index in [1.54, 1.807) is 7.11 Å². The molecule has 0 radical (unpaired) electrons. The highest BCUT2D eigenvalue weighted by Crippen LogP contribution is 2.29. The Kier molecular flexibility index (Phi) is 6.09. The van der Waals surface area contributed by atoms with Crippen molar-refractivity contribution in [3.05, 3.63) is 28.2 Å². The Morgan fingerprint density at radius 3 is 2.71 bits per heavy atom. The van der Waals surface area contributed by atoms with Gasteiger partial charge in [0.15, 0.2) is 0 Å². The maximum Gasteiger partial charge on any atom is 0.220 e. The molecule has 0 heterocycles. The second-order valence-corrected chi connectivity index (χ2v) is 6.75. The van der Waals surface area contributed by atoms with Crippen molar-refractivity contribution >= 4 is 21.8 Å². The van der Waals surface area contributed by atoms with Gasteiger partial charge in [0.1, 0.15) is 5.75 Å². The maximum atomic E-state index is 12.2. The smallest absolute Gasteiger partial charge is 0.220 e. The zero-order valence-corrected chi connectivity index (χ0v) is 14.4. The fraction of sp³-hybridized carbons (Fsp3) is 0.588. The molecule has 21 heavy (non-hydrogen) atoms. The largest absolute Gasteiger partial charge is 0.496 e. The fourth-order valence-electron chi connectivity index (χ4n) is 2.99. The highest BCUT2D eigenvalue weighted by atomic mass is 79.9. The van der Waals surface area contributed by atoms with Gasteiger partial charge in [0.05, 0.1) is 17.6 Å². The molecule has 1 fully saturated rings. The van der Waals surface area contributed by atoms with Gasteiger partial charge >= 0.3 is 0 Å². The minimum atomic E-state index is 0.0169. The SMILES string of the molecule is COc1ccc(C(C)NC(=O)CC2CCCCC2)cc1Br. The van der Waals surface area contributed by atoms with Crippen LogP contribution in [0.3, 0.4) is 0 Å². The van der Waals surface area contributed by atoms with Crippen LogP contribution in [0.25, 0.3) is 0 Å². The zero-order valence-electron chi connectivity index (χ0n) is 12.8. The summed E-state index contributed by atoms with van der Waals surface area (Å²) in [5.41, 5.74) is 1.08. The second kappa shape index (κ2) is 7.83. The van der Waals surface area contributed by atoms with Crippen LogP contribution in [-0.4, -0.2) is 13.0 Å². The molecule has 2 rings (SSSR count). The van der Waals surface area contributed by atoms with Crippen LogP contribution < -0.4 is 10.1 Å². The molecule has 116 valence electrons. The molecule has 0 spiro atoms. The number of carbonyl (C=O) groups is 1. The minimum Gasteiger partial charge on any atom is -0.496 e. The van der Waals surface area contributed by atoms with Crippen molar-refractivity contribution in [2.75, 3.05) is 7.11 Å². The summed E-state index contributed by atoms with van der Waals surface area (Å²) in [6.45, 7) is 2.02. The molecule has 0 aliphatic heterocycles. The van der Waals surface area contributed by atoms with Crippen molar-refractivity contribution < 1.29 is 9.53 Å². The third kappa shape index (κ3) is 4.73. The van der Waals surface area contributed by atoms with Crippen molar-refractivity contribution in [2.24, 2.45) is 5.92 Å². The van der Waals surface area contributed by atoms with Crippen LogP contribution in [0.2, 0.25) is 0 Å². The predicted molar refractivity (Wildman–Crippen MR) is 88.4 cm³/mol. The summed E-state index contributed by atoms with van der Waals surface area (Å²) in [7, 11) is 1.65. The van der Waals surface area contributed by atoms with E-state index in [2.05, 4.69) is 21.2 Å². The first-order valence-corrected chi connectivity index (χ1v) is 8.52. The van der Waals surface area contributed by atoms with Gasteiger partial charge < -0.3 is 10.1 Å². The molecule has 3 nitrogen and oxygen atoms in total. The quantitative estimate of drug-likeness (QED) is 0.839. The maximum absolute atomic E-state index is 12.2. The molecule has 1 aliphatic carbocycles. The molecule has 1 unspecified atom stereocenters. The van der Waals surface area contributed by atoms with E-state index in [0.717, 1.165) is 15.8 Å². The monoisotopic (exact) mass is 353 g/mol. The van der Waals surface area contributed by atoms with E-state index in [1.807, 2.05) is 25.1 Å². The Morgan fingerprint density at radius 2 is 2.10 bits per heavy atom. The van der Waals surface area contributed by atoms with Crippen molar-refractivity contribution in [2.45, 2.75) is 51.5 Å². The Labute approximate surface area is 135 Å². The molecule has 1 N–H and O–H groups in total. The van der Waals surface area contributed by atoms with Gasteiger partial charge in [0.2, 0.25) is 5.91 Å². The van der Waals surface area contributed by atoms with Crippen molar-refractivity contribution in [1.29, 1.82) is 0 Å². The number of hydrogen-bond donors (Lipinski definition) is 1. The van der Waals surface area contributed by atoms with Crippen molar-refractivity contribution in [3.63, 3.8) is 0 Å². The number of halogens is 1. The molecule has 0 aromatic heterocycles. The van der Waals surface area contributed by atoms with Crippen LogP contribution in [0.15, 0.2) is 22.7 Å². The van der Waals surface area contributed by atoms with Crippen LogP contribution >= 0.6 is 15.9 Å². The Morgan fingerprint density at radius 1 is 1.38 bits per heavy atom. The standard InChI is InChI=1S/C17H24BrNO2/c1-12(14-8-9-16(21-2)15(18)11-14)19-17(20)10-13-6-4-3-5-7-13/h8-9,11-13H,3-7,10H2,1-2H3,(H,19,20). The summed E-state index contributed by atoms with van der Waals surface area (Å²) in [6, 6.07) is 5.94. The lowest BCUT2D eigenvalue weighted by molar-refractivity contribution is -0.122. The van der Waals surface area contributed by atoms with Gasteiger partial charge in [-0.25, -0.2) is 0 Å². The molecule has 0 bridgehead atoms. The fourth-order valence-corrected chi connectivity index (χ4v) is 3.55. The van der Waals surface area contributed by atoms with Crippen LogP contribution in [0.1, 0.15) is 57.1 Å². The van der Waals surface area contributed by atoms with Crippen LogP contribution in [0, 0.1) is 5.92 Å². The summed E-state index contributed by atoms with van der Waals surface area (Å²) >= 11 is 3.48. The number of rotatable bonds is 5. The molecule has 1 aliphatic rings. The number of hydrogen-bond acceptors (Lipinski definition) is 2. The molecule has 0 saturated heterocycles. The van der Waals surface area contributed by atoms with Gasteiger partial charge in [-0.2, -0.15) is 0 Å². The lowest BCUT2D eigenvalue weighted by atomic mass is 9.87. The average molecular weight is 354 g/mol. The number of benzene rings is 1. The topological polar surface area (TPSA) is 38.3 Å². The molecule has 1 amide bonds. The number of nitrogens with one attached hydrogen (secondary N) is 1. The van der Waals surface area contributed by atoms with Crippen LogP contribution in [0.5, 0.6) is 5.75 Å².